The highest BCUT2D eigenvalue weighted by molar-refractivity contribution is 5.88. The quantitative estimate of drug-likeness (QED) is 0.0881. The molecule has 0 spiro atoms. The van der Waals surface area contributed by atoms with Crippen molar-refractivity contribution in [3.63, 3.8) is 0 Å². The SMILES string of the molecule is COc1ccccc1Nc1nc(NN=Cc2cc(OC)c(OC)cc2[N+](=O)[O-])cc(NN=Cc2cc(OC)c(OC)cc2[N+](=O)[O-])n1. The van der Waals surface area contributed by atoms with E-state index in [1.54, 1.807) is 24.3 Å². The predicted molar refractivity (Wildman–Crippen MR) is 173 cm³/mol. The van der Waals surface area contributed by atoms with Crippen LogP contribution in [0.5, 0.6) is 28.7 Å². The molecule has 0 saturated carbocycles. The molecule has 0 atom stereocenters. The number of hydrogen-bond donors (Lipinski definition) is 3. The summed E-state index contributed by atoms with van der Waals surface area (Å²) >= 11 is 0. The molecular formula is C29H29N9O9. The summed E-state index contributed by atoms with van der Waals surface area (Å²) in [6.07, 6.45) is 2.44. The maximum absolute atomic E-state index is 11.7. The van der Waals surface area contributed by atoms with Crippen LogP contribution in [0.1, 0.15) is 11.1 Å². The number of anilines is 4. The van der Waals surface area contributed by atoms with Crippen molar-refractivity contribution in [2.24, 2.45) is 10.2 Å². The number of hydrogen-bond acceptors (Lipinski definition) is 16. The van der Waals surface area contributed by atoms with Gasteiger partial charge in [-0.3, -0.25) is 31.1 Å². The Kier molecular flexibility index (Phi) is 10.8. The normalized spacial score (nSPS) is 10.8. The van der Waals surface area contributed by atoms with Gasteiger partial charge in [-0.05, 0) is 24.3 Å². The largest absolute Gasteiger partial charge is 0.495 e. The van der Waals surface area contributed by atoms with Crippen molar-refractivity contribution >= 4 is 47.1 Å². The summed E-state index contributed by atoms with van der Waals surface area (Å²) in [5.41, 5.74) is 5.71. The van der Waals surface area contributed by atoms with Gasteiger partial charge in [0.25, 0.3) is 11.4 Å². The second kappa shape index (κ2) is 15.3. The maximum Gasteiger partial charge on any atom is 0.282 e. The van der Waals surface area contributed by atoms with Crippen LogP contribution >= 0.6 is 0 Å². The zero-order valence-electron chi connectivity index (χ0n) is 25.7. The van der Waals surface area contributed by atoms with Crippen LogP contribution < -0.4 is 39.9 Å². The van der Waals surface area contributed by atoms with Crippen molar-refractivity contribution < 1.29 is 33.5 Å². The number of methoxy groups -OCH3 is 5. The lowest BCUT2D eigenvalue weighted by molar-refractivity contribution is -0.385. The van der Waals surface area contributed by atoms with Crippen LogP contribution in [0.25, 0.3) is 0 Å². The average molecular weight is 648 g/mol. The van der Waals surface area contributed by atoms with Crippen LogP contribution in [0.2, 0.25) is 0 Å². The van der Waals surface area contributed by atoms with E-state index in [2.05, 4.69) is 36.3 Å². The lowest BCUT2D eigenvalue weighted by Gasteiger charge is -2.12. The topological polar surface area (TPSA) is 219 Å². The first-order valence-electron chi connectivity index (χ1n) is 13.4. The van der Waals surface area contributed by atoms with Crippen molar-refractivity contribution in [2.75, 3.05) is 51.7 Å². The first kappa shape index (κ1) is 33.2. The Morgan fingerprint density at radius 2 is 1.06 bits per heavy atom. The van der Waals surface area contributed by atoms with Crippen molar-refractivity contribution in [1.82, 2.24) is 9.97 Å². The van der Waals surface area contributed by atoms with E-state index < -0.39 is 9.85 Å². The number of nitro groups is 2. The van der Waals surface area contributed by atoms with E-state index >= 15 is 0 Å². The van der Waals surface area contributed by atoms with Crippen LogP contribution in [0.3, 0.4) is 0 Å². The third kappa shape index (κ3) is 8.06. The second-order valence-electron chi connectivity index (χ2n) is 9.07. The van der Waals surface area contributed by atoms with E-state index in [1.165, 1.54) is 78.3 Å². The van der Waals surface area contributed by atoms with Gasteiger partial charge in [0.1, 0.15) is 5.75 Å². The molecule has 18 heteroatoms. The molecule has 0 unspecified atom stereocenters. The lowest BCUT2D eigenvalue weighted by Crippen LogP contribution is -2.05. The zero-order valence-corrected chi connectivity index (χ0v) is 25.7. The van der Waals surface area contributed by atoms with Crippen LogP contribution in [-0.2, 0) is 0 Å². The summed E-state index contributed by atoms with van der Waals surface area (Å²) in [7, 11) is 7.05. The standard InChI is InChI=1S/C29H29N9O9/c1-43-22-9-7-6-8-19(22)32-29-33-27(35-30-15-17-10-23(44-2)25(46-4)12-20(17)37(39)40)14-28(34-29)36-31-16-18-11-24(45-3)26(47-5)13-21(18)38(41)42/h6-16H,1-5H3,(H3,32,33,34,35,36). The van der Waals surface area contributed by atoms with E-state index in [0.717, 1.165) is 0 Å². The highest BCUT2D eigenvalue weighted by Gasteiger charge is 2.20. The smallest absolute Gasteiger partial charge is 0.282 e. The molecule has 4 rings (SSSR count). The van der Waals surface area contributed by atoms with Gasteiger partial charge in [0.2, 0.25) is 5.95 Å². The van der Waals surface area contributed by atoms with E-state index in [1.807, 2.05) is 0 Å². The number of rotatable bonds is 15. The van der Waals surface area contributed by atoms with E-state index in [4.69, 9.17) is 23.7 Å². The molecule has 0 aliphatic rings. The molecule has 0 radical (unpaired) electrons. The van der Waals surface area contributed by atoms with E-state index in [9.17, 15) is 20.2 Å². The predicted octanol–water partition coefficient (Wildman–Crippen LogP) is 4.97. The fraction of sp³-hybridized carbons (Fsp3) is 0.172. The van der Waals surface area contributed by atoms with Gasteiger partial charge >= 0.3 is 0 Å². The molecule has 0 fully saturated rings. The summed E-state index contributed by atoms with van der Waals surface area (Å²) in [4.78, 5) is 31.0. The van der Waals surface area contributed by atoms with Crippen LogP contribution in [0.4, 0.5) is 34.6 Å². The molecule has 47 heavy (non-hydrogen) atoms. The average Bonchev–Trinajstić information content (AvgIpc) is 3.07. The Bertz CT molecular complexity index is 1730. The van der Waals surface area contributed by atoms with Crippen LogP contribution in [0.15, 0.2) is 64.8 Å². The van der Waals surface area contributed by atoms with Crippen LogP contribution in [-0.4, -0.2) is 67.8 Å². The molecule has 0 aliphatic carbocycles. The van der Waals surface area contributed by atoms with Crippen molar-refractivity contribution in [2.45, 2.75) is 0 Å². The number of ether oxygens (including phenoxy) is 5. The summed E-state index contributed by atoms with van der Waals surface area (Å²) in [5.74, 6) is 1.79. The molecule has 1 heterocycles. The Labute approximate surface area is 267 Å². The molecule has 1 aromatic heterocycles. The van der Waals surface area contributed by atoms with Gasteiger partial charge in [-0.2, -0.15) is 20.2 Å². The molecular weight excluding hydrogens is 618 g/mol. The van der Waals surface area contributed by atoms with Gasteiger partial charge in [-0.25, -0.2) is 0 Å². The summed E-state index contributed by atoms with van der Waals surface area (Å²) in [6.45, 7) is 0. The van der Waals surface area contributed by atoms with Crippen molar-refractivity contribution in [1.29, 1.82) is 0 Å². The Morgan fingerprint density at radius 3 is 1.49 bits per heavy atom. The molecule has 0 aliphatic heterocycles. The van der Waals surface area contributed by atoms with E-state index in [-0.39, 0.29) is 63.1 Å². The number of nitrogens with zero attached hydrogens (tertiary/aromatic N) is 6. The number of nitrogens with one attached hydrogen (secondary N) is 3. The molecule has 3 aromatic carbocycles. The first-order valence-corrected chi connectivity index (χ1v) is 13.4. The maximum atomic E-state index is 11.7. The highest BCUT2D eigenvalue weighted by Crippen LogP contribution is 2.35. The first-order chi connectivity index (χ1) is 22.7. The Balaban J connectivity index is 1.68. The highest BCUT2D eigenvalue weighted by atomic mass is 16.6. The van der Waals surface area contributed by atoms with Crippen molar-refractivity contribution in [3.8, 4) is 28.7 Å². The third-order valence-corrected chi connectivity index (χ3v) is 6.30. The van der Waals surface area contributed by atoms with Gasteiger partial charge < -0.3 is 29.0 Å². The molecule has 18 nitrogen and oxygen atoms in total. The number of hydrazone groups is 2. The van der Waals surface area contributed by atoms with Gasteiger partial charge in [-0.15, -0.1) is 0 Å². The fourth-order valence-corrected chi connectivity index (χ4v) is 4.11. The van der Waals surface area contributed by atoms with E-state index in [0.29, 0.717) is 11.4 Å². The number of benzene rings is 3. The number of para-hydroxylation sites is 2. The van der Waals surface area contributed by atoms with Crippen molar-refractivity contribution in [3.05, 3.63) is 86.0 Å². The fourth-order valence-electron chi connectivity index (χ4n) is 4.11. The monoisotopic (exact) mass is 647 g/mol. The Morgan fingerprint density at radius 1 is 0.638 bits per heavy atom. The summed E-state index contributed by atoms with van der Waals surface area (Å²) in [6, 6.07) is 13.8. The van der Waals surface area contributed by atoms with Gasteiger partial charge in [0, 0.05) is 6.07 Å². The summed E-state index contributed by atoms with van der Waals surface area (Å²) < 4.78 is 26.2. The Hall–Kier alpha value is -6.72. The van der Waals surface area contributed by atoms with Gasteiger partial charge in [0.15, 0.2) is 34.6 Å². The molecule has 0 amide bonds. The second-order valence-corrected chi connectivity index (χ2v) is 9.07. The molecule has 244 valence electrons. The van der Waals surface area contributed by atoms with Gasteiger partial charge in [-0.1, -0.05) is 12.1 Å². The molecule has 4 aromatic rings. The summed E-state index contributed by atoms with van der Waals surface area (Å²) in [5, 5.41) is 34.7. The minimum absolute atomic E-state index is 0.0848. The molecule has 3 N–H and O–H groups in total. The molecule has 0 saturated heterocycles. The minimum atomic E-state index is -0.577. The van der Waals surface area contributed by atoms with Gasteiger partial charge in [0.05, 0.1) is 86.8 Å². The number of nitro benzene ring substituents is 2. The number of aromatic nitrogens is 2. The molecule has 0 bridgehead atoms. The minimum Gasteiger partial charge on any atom is -0.495 e. The zero-order chi connectivity index (χ0) is 33.9. The van der Waals surface area contributed by atoms with Crippen LogP contribution in [0, 0.1) is 20.2 Å². The lowest BCUT2D eigenvalue weighted by atomic mass is 10.1. The third-order valence-electron chi connectivity index (χ3n) is 6.30.